The molecule has 1 amide bonds. The quantitative estimate of drug-likeness (QED) is 0.761. The Kier molecular flexibility index (Phi) is 7.46. The fraction of sp³-hybridized carbons (Fsp3) is 0.435. The predicted octanol–water partition coefficient (Wildman–Crippen LogP) is 3.30. The minimum absolute atomic E-state index is 0.0818. The number of nitrogens with zero attached hydrogens (tertiary/aromatic N) is 1. The van der Waals surface area contributed by atoms with Gasteiger partial charge in [0.1, 0.15) is 5.75 Å². The Labute approximate surface area is 167 Å². The predicted molar refractivity (Wildman–Crippen MR) is 110 cm³/mol. The van der Waals surface area contributed by atoms with E-state index in [4.69, 9.17) is 9.47 Å². The molecular weight excluding hydrogens is 352 g/mol. The highest BCUT2D eigenvalue weighted by molar-refractivity contribution is 5.81. The van der Waals surface area contributed by atoms with Crippen molar-refractivity contribution in [2.75, 3.05) is 26.3 Å². The molecule has 0 unspecified atom stereocenters. The largest absolute Gasteiger partial charge is 0.481 e. The number of ether oxygens (including phenoxy) is 2. The summed E-state index contributed by atoms with van der Waals surface area (Å²) in [7, 11) is 0. The Morgan fingerprint density at radius 2 is 1.86 bits per heavy atom. The van der Waals surface area contributed by atoms with Crippen molar-refractivity contribution in [3.63, 3.8) is 0 Å². The molecule has 0 aliphatic carbocycles. The van der Waals surface area contributed by atoms with Gasteiger partial charge in [-0.25, -0.2) is 0 Å². The fourth-order valence-electron chi connectivity index (χ4n) is 3.26. The Morgan fingerprint density at radius 3 is 2.57 bits per heavy atom. The van der Waals surface area contributed by atoms with Crippen LogP contribution >= 0.6 is 0 Å². The molecule has 5 heteroatoms. The standard InChI is InChI=1S/C23H30N2O3/c1-3-22(28-21-9-7-18(2)8-10-21)23(26)24-16-19-5-4-6-20(15-19)17-25-11-13-27-14-12-25/h4-10,15,22H,3,11-14,16-17H2,1-2H3,(H,24,26)/t22-/m1/s1. The molecule has 2 aromatic carbocycles. The summed E-state index contributed by atoms with van der Waals surface area (Å²) < 4.78 is 11.3. The van der Waals surface area contributed by atoms with Crippen molar-refractivity contribution >= 4 is 5.91 Å². The minimum atomic E-state index is -0.487. The Balaban J connectivity index is 1.52. The van der Waals surface area contributed by atoms with Crippen molar-refractivity contribution in [3.8, 4) is 5.75 Å². The molecule has 1 fully saturated rings. The highest BCUT2D eigenvalue weighted by Crippen LogP contribution is 2.15. The summed E-state index contributed by atoms with van der Waals surface area (Å²) in [5.41, 5.74) is 3.53. The number of nitrogens with one attached hydrogen (secondary N) is 1. The van der Waals surface area contributed by atoms with E-state index >= 15 is 0 Å². The monoisotopic (exact) mass is 382 g/mol. The third-order valence-corrected chi connectivity index (χ3v) is 4.93. The van der Waals surface area contributed by atoms with E-state index < -0.39 is 6.10 Å². The van der Waals surface area contributed by atoms with Crippen LogP contribution in [0.5, 0.6) is 5.75 Å². The van der Waals surface area contributed by atoms with E-state index in [1.165, 1.54) is 11.1 Å². The molecule has 0 bridgehead atoms. The van der Waals surface area contributed by atoms with E-state index in [9.17, 15) is 4.79 Å². The number of aryl methyl sites for hydroxylation is 1. The normalized spacial score (nSPS) is 15.8. The minimum Gasteiger partial charge on any atom is -0.481 e. The van der Waals surface area contributed by atoms with Gasteiger partial charge in [0, 0.05) is 26.2 Å². The number of morpholine rings is 1. The van der Waals surface area contributed by atoms with Crippen LogP contribution in [0.3, 0.4) is 0 Å². The van der Waals surface area contributed by atoms with E-state index in [2.05, 4.69) is 28.4 Å². The number of hydrogen-bond acceptors (Lipinski definition) is 4. The first-order valence-electron chi connectivity index (χ1n) is 10.0. The summed E-state index contributed by atoms with van der Waals surface area (Å²) >= 11 is 0. The number of hydrogen-bond donors (Lipinski definition) is 1. The van der Waals surface area contributed by atoms with Crippen LogP contribution in [-0.4, -0.2) is 43.2 Å². The third-order valence-electron chi connectivity index (χ3n) is 4.93. The first-order valence-corrected chi connectivity index (χ1v) is 10.0. The molecule has 1 saturated heterocycles. The second kappa shape index (κ2) is 10.2. The van der Waals surface area contributed by atoms with Gasteiger partial charge in [-0.15, -0.1) is 0 Å². The van der Waals surface area contributed by atoms with E-state index in [1.807, 2.05) is 44.2 Å². The van der Waals surface area contributed by atoms with Crippen molar-refractivity contribution in [1.29, 1.82) is 0 Å². The van der Waals surface area contributed by atoms with Gasteiger partial charge in [-0.3, -0.25) is 9.69 Å². The van der Waals surface area contributed by atoms with Gasteiger partial charge in [0.25, 0.3) is 5.91 Å². The van der Waals surface area contributed by atoms with E-state index in [0.717, 1.165) is 44.2 Å². The van der Waals surface area contributed by atoms with E-state index in [0.29, 0.717) is 13.0 Å². The van der Waals surface area contributed by atoms with Crippen LogP contribution in [0.15, 0.2) is 48.5 Å². The Hall–Kier alpha value is -2.37. The van der Waals surface area contributed by atoms with Crippen LogP contribution < -0.4 is 10.1 Å². The lowest BCUT2D eigenvalue weighted by Gasteiger charge is -2.26. The van der Waals surface area contributed by atoms with Crippen molar-refractivity contribution in [3.05, 3.63) is 65.2 Å². The van der Waals surface area contributed by atoms with Crippen LogP contribution in [0.2, 0.25) is 0 Å². The number of benzene rings is 2. The van der Waals surface area contributed by atoms with E-state index in [1.54, 1.807) is 0 Å². The van der Waals surface area contributed by atoms with Gasteiger partial charge in [0.2, 0.25) is 0 Å². The maximum absolute atomic E-state index is 12.6. The molecule has 28 heavy (non-hydrogen) atoms. The molecule has 0 radical (unpaired) electrons. The van der Waals surface area contributed by atoms with Gasteiger partial charge in [-0.2, -0.15) is 0 Å². The highest BCUT2D eigenvalue weighted by atomic mass is 16.5. The second-order valence-electron chi connectivity index (χ2n) is 7.25. The topological polar surface area (TPSA) is 50.8 Å². The average Bonchev–Trinajstić information content (AvgIpc) is 2.72. The van der Waals surface area contributed by atoms with Crippen molar-refractivity contribution < 1.29 is 14.3 Å². The molecule has 150 valence electrons. The number of carbonyl (C=O) groups excluding carboxylic acids is 1. The molecule has 2 aromatic rings. The maximum Gasteiger partial charge on any atom is 0.261 e. The Morgan fingerprint density at radius 1 is 1.14 bits per heavy atom. The number of carbonyl (C=O) groups is 1. The molecule has 1 aliphatic rings. The SMILES string of the molecule is CC[C@@H](Oc1ccc(C)cc1)C(=O)NCc1cccc(CN2CCOCC2)c1. The number of amides is 1. The van der Waals surface area contributed by atoms with Crippen LogP contribution in [-0.2, 0) is 22.6 Å². The molecule has 0 aromatic heterocycles. The summed E-state index contributed by atoms with van der Waals surface area (Å²) in [6, 6.07) is 16.2. The van der Waals surface area contributed by atoms with Crippen LogP contribution in [0.25, 0.3) is 0 Å². The summed E-state index contributed by atoms with van der Waals surface area (Å²) in [4.78, 5) is 15.0. The summed E-state index contributed by atoms with van der Waals surface area (Å²) in [6.07, 6.45) is 0.135. The maximum atomic E-state index is 12.6. The molecular formula is C23H30N2O3. The average molecular weight is 383 g/mol. The zero-order valence-electron chi connectivity index (χ0n) is 16.8. The molecule has 5 nitrogen and oxygen atoms in total. The smallest absolute Gasteiger partial charge is 0.261 e. The molecule has 1 heterocycles. The zero-order chi connectivity index (χ0) is 19.8. The van der Waals surface area contributed by atoms with Gasteiger partial charge in [-0.05, 0) is 36.6 Å². The Bertz CT molecular complexity index is 755. The molecule has 1 atom stereocenters. The molecule has 3 rings (SSSR count). The van der Waals surface area contributed by atoms with Gasteiger partial charge in [0.05, 0.1) is 13.2 Å². The van der Waals surface area contributed by atoms with Gasteiger partial charge in [0.15, 0.2) is 6.10 Å². The lowest BCUT2D eigenvalue weighted by atomic mass is 10.1. The van der Waals surface area contributed by atoms with Crippen molar-refractivity contribution in [1.82, 2.24) is 10.2 Å². The third kappa shape index (κ3) is 6.08. The lowest BCUT2D eigenvalue weighted by molar-refractivity contribution is -0.128. The molecule has 1 aliphatic heterocycles. The van der Waals surface area contributed by atoms with Crippen LogP contribution in [0, 0.1) is 6.92 Å². The lowest BCUT2D eigenvalue weighted by Crippen LogP contribution is -2.37. The van der Waals surface area contributed by atoms with E-state index in [-0.39, 0.29) is 5.91 Å². The fourth-order valence-corrected chi connectivity index (χ4v) is 3.26. The molecule has 0 saturated carbocycles. The number of rotatable bonds is 8. The summed E-state index contributed by atoms with van der Waals surface area (Å²) in [5.74, 6) is 0.641. The van der Waals surface area contributed by atoms with Crippen LogP contribution in [0.1, 0.15) is 30.0 Å². The molecule has 0 spiro atoms. The highest BCUT2D eigenvalue weighted by Gasteiger charge is 2.18. The first kappa shape index (κ1) is 20.4. The second-order valence-corrected chi connectivity index (χ2v) is 7.25. The van der Waals surface area contributed by atoms with Crippen molar-refractivity contribution in [2.45, 2.75) is 39.5 Å². The molecule has 1 N–H and O–H groups in total. The van der Waals surface area contributed by atoms with Crippen LogP contribution in [0.4, 0.5) is 0 Å². The first-order chi connectivity index (χ1) is 13.6. The van der Waals surface area contributed by atoms with Gasteiger partial charge in [-0.1, -0.05) is 48.9 Å². The van der Waals surface area contributed by atoms with Gasteiger partial charge < -0.3 is 14.8 Å². The zero-order valence-corrected chi connectivity index (χ0v) is 16.8. The van der Waals surface area contributed by atoms with Gasteiger partial charge >= 0.3 is 0 Å². The van der Waals surface area contributed by atoms with Crippen molar-refractivity contribution in [2.24, 2.45) is 0 Å². The summed E-state index contributed by atoms with van der Waals surface area (Å²) in [6.45, 7) is 8.94. The summed E-state index contributed by atoms with van der Waals surface area (Å²) in [5, 5.41) is 3.01.